The van der Waals surface area contributed by atoms with Crippen molar-refractivity contribution in [2.75, 3.05) is 18.0 Å². The summed E-state index contributed by atoms with van der Waals surface area (Å²) in [4.78, 5) is 13.3. The van der Waals surface area contributed by atoms with E-state index < -0.39 is 5.97 Å². The van der Waals surface area contributed by atoms with Crippen molar-refractivity contribution < 1.29 is 9.90 Å². The molecule has 1 aromatic carbocycles. The molecular formula is C16H18N2O2. The van der Waals surface area contributed by atoms with Crippen molar-refractivity contribution in [2.45, 2.75) is 0 Å². The molecule has 0 amide bonds. The molecule has 0 aliphatic rings. The molecule has 104 valence electrons. The molecule has 0 bridgehead atoms. The van der Waals surface area contributed by atoms with Gasteiger partial charge >= 0.3 is 5.97 Å². The number of aromatic nitrogens is 1. The fourth-order valence-corrected chi connectivity index (χ4v) is 2.34. The third kappa shape index (κ3) is 2.45. The highest BCUT2D eigenvalue weighted by Gasteiger charge is 2.13. The maximum absolute atomic E-state index is 11.2. The van der Waals surface area contributed by atoms with Crippen LogP contribution in [0.3, 0.4) is 0 Å². The Morgan fingerprint density at radius 1 is 1.30 bits per heavy atom. The smallest absolute Gasteiger partial charge is 0.352 e. The SMILES string of the molecule is C=CCN(CC=C)c1ccc2c(c1)cc(C(=O)O)n2C. The minimum Gasteiger partial charge on any atom is -0.477 e. The van der Waals surface area contributed by atoms with Crippen LogP contribution in [-0.2, 0) is 7.05 Å². The average molecular weight is 270 g/mol. The molecule has 4 heteroatoms. The van der Waals surface area contributed by atoms with Gasteiger partial charge in [0.05, 0.1) is 0 Å². The van der Waals surface area contributed by atoms with E-state index in [4.69, 9.17) is 5.11 Å². The van der Waals surface area contributed by atoms with Crippen molar-refractivity contribution in [3.8, 4) is 0 Å². The van der Waals surface area contributed by atoms with Crippen molar-refractivity contribution in [1.29, 1.82) is 0 Å². The van der Waals surface area contributed by atoms with Crippen LogP contribution in [0.1, 0.15) is 10.5 Å². The number of carbonyl (C=O) groups is 1. The number of carboxylic acid groups (broad SMARTS) is 1. The van der Waals surface area contributed by atoms with Crippen molar-refractivity contribution in [2.24, 2.45) is 7.05 Å². The first-order valence-corrected chi connectivity index (χ1v) is 6.38. The van der Waals surface area contributed by atoms with Gasteiger partial charge in [-0.25, -0.2) is 4.79 Å². The summed E-state index contributed by atoms with van der Waals surface area (Å²) in [5.74, 6) is -0.917. The topological polar surface area (TPSA) is 45.5 Å². The Bertz CT molecular complexity index is 660. The van der Waals surface area contributed by atoms with Crippen LogP contribution in [0.2, 0.25) is 0 Å². The second-order valence-electron chi connectivity index (χ2n) is 4.62. The Balaban J connectivity index is 2.49. The molecule has 0 radical (unpaired) electrons. The van der Waals surface area contributed by atoms with Crippen LogP contribution < -0.4 is 4.90 Å². The number of hydrogen-bond donors (Lipinski definition) is 1. The van der Waals surface area contributed by atoms with Gasteiger partial charge in [-0.15, -0.1) is 13.2 Å². The summed E-state index contributed by atoms with van der Waals surface area (Å²) in [6.45, 7) is 8.95. The van der Waals surface area contributed by atoms with E-state index in [9.17, 15) is 4.79 Å². The first-order valence-electron chi connectivity index (χ1n) is 6.38. The standard InChI is InChI=1S/C16H18N2O2/c1-4-8-18(9-5-2)13-6-7-14-12(10-13)11-15(16(19)20)17(14)3/h4-7,10-11H,1-2,8-9H2,3H3,(H,19,20). The summed E-state index contributed by atoms with van der Waals surface area (Å²) in [6.07, 6.45) is 3.67. The summed E-state index contributed by atoms with van der Waals surface area (Å²) in [5, 5.41) is 10.1. The summed E-state index contributed by atoms with van der Waals surface area (Å²) in [5.41, 5.74) is 2.22. The number of fused-ring (bicyclic) bond motifs is 1. The van der Waals surface area contributed by atoms with E-state index in [2.05, 4.69) is 18.1 Å². The number of rotatable bonds is 6. The first-order chi connectivity index (χ1) is 9.58. The van der Waals surface area contributed by atoms with Gasteiger partial charge in [-0.1, -0.05) is 12.2 Å². The van der Waals surface area contributed by atoms with Crippen LogP contribution in [0.4, 0.5) is 5.69 Å². The Morgan fingerprint density at radius 2 is 1.95 bits per heavy atom. The number of benzene rings is 1. The zero-order valence-electron chi connectivity index (χ0n) is 11.5. The maximum Gasteiger partial charge on any atom is 0.352 e. The van der Waals surface area contributed by atoms with Crippen LogP contribution in [0.5, 0.6) is 0 Å². The van der Waals surface area contributed by atoms with E-state index in [-0.39, 0.29) is 5.69 Å². The fourth-order valence-electron chi connectivity index (χ4n) is 2.34. The van der Waals surface area contributed by atoms with Gasteiger partial charge in [0.1, 0.15) is 5.69 Å². The normalized spacial score (nSPS) is 10.4. The number of nitrogens with zero attached hydrogens (tertiary/aromatic N) is 2. The van der Waals surface area contributed by atoms with Gasteiger partial charge in [0, 0.05) is 36.7 Å². The Labute approximate surface area is 118 Å². The van der Waals surface area contributed by atoms with Crippen molar-refractivity contribution in [3.63, 3.8) is 0 Å². The van der Waals surface area contributed by atoms with Gasteiger partial charge in [0.25, 0.3) is 0 Å². The molecule has 0 saturated carbocycles. The number of hydrogen-bond acceptors (Lipinski definition) is 2. The largest absolute Gasteiger partial charge is 0.477 e. The Kier molecular flexibility index (Phi) is 3.94. The molecule has 0 atom stereocenters. The zero-order chi connectivity index (χ0) is 14.7. The van der Waals surface area contributed by atoms with Crippen LogP contribution in [0.15, 0.2) is 49.6 Å². The Hall–Kier alpha value is -2.49. The lowest BCUT2D eigenvalue weighted by atomic mass is 10.2. The summed E-state index contributed by atoms with van der Waals surface area (Å²) >= 11 is 0. The third-order valence-electron chi connectivity index (χ3n) is 3.31. The van der Waals surface area contributed by atoms with Gasteiger partial charge in [0.2, 0.25) is 0 Å². The minimum absolute atomic E-state index is 0.288. The molecule has 0 aliphatic heterocycles. The highest BCUT2D eigenvalue weighted by atomic mass is 16.4. The molecule has 0 aliphatic carbocycles. The molecule has 2 aromatic rings. The van der Waals surface area contributed by atoms with Crippen LogP contribution in [0.25, 0.3) is 10.9 Å². The van der Waals surface area contributed by atoms with E-state index in [0.717, 1.165) is 29.7 Å². The molecule has 20 heavy (non-hydrogen) atoms. The summed E-state index contributed by atoms with van der Waals surface area (Å²) in [6, 6.07) is 7.62. The number of aromatic carboxylic acids is 1. The highest BCUT2D eigenvalue weighted by Crippen LogP contribution is 2.25. The monoisotopic (exact) mass is 270 g/mol. The predicted octanol–water partition coefficient (Wildman–Crippen LogP) is 3.05. The number of anilines is 1. The lowest BCUT2D eigenvalue weighted by Crippen LogP contribution is -2.22. The minimum atomic E-state index is -0.917. The summed E-state index contributed by atoms with van der Waals surface area (Å²) < 4.78 is 1.69. The second-order valence-corrected chi connectivity index (χ2v) is 4.62. The zero-order valence-corrected chi connectivity index (χ0v) is 11.5. The van der Waals surface area contributed by atoms with Crippen molar-refractivity contribution in [3.05, 3.63) is 55.3 Å². The molecule has 1 heterocycles. The molecule has 0 spiro atoms. The third-order valence-corrected chi connectivity index (χ3v) is 3.31. The van der Waals surface area contributed by atoms with E-state index in [1.165, 1.54) is 0 Å². The van der Waals surface area contributed by atoms with E-state index in [1.807, 2.05) is 30.4 Å². The molecule has 1 N–H and O–H groups in total. The quantitative estimate of drug-likeness (QED) is 0.821. The number of aryl methyl sites for hydroxylation is 1. The van der Waals surface area contributed by atoms with E-state index in [1.54, 1.807) is 17.7 Å². The van der Waals surface area contributed by atoms with Gasteiger partial charge in [-0.2, -0.15) is 0 Å². The van der Waals surface area contributed by atoms with E-state index in [0.29, 0.717) is 0 Å². The second kappa shape index (κ2) is 5.65. The fraction of sp³-hybridized carbons (Fsp3) is 0.188. The van der Waals surface area contributed by atoms with Gasteiger partial charge in [0.15, 0.2) is 0 Å². The van der Waals surface area contributed by atoms with Gasteiger partial charge < -0.3 is 14.6 Å². The van der Waals surface area contributed by atoms with Crippen LogP contribution in [-0.4, -0.2) is 28.7 Å². The van der Waals surface area contributed by atoms with Gasteiger partial charge in [-0.3, -0.25) is 0 Å². The Morgan fingerprint density at radius 3 is 2.50 bits per heavy atom. The molecule has 1 aromatic heterocycles. The molecule has 0 unspecified atom stereocenters. The van der Waals surface area contributed by atoms with Gasteiger partial charge in [-0.05, 0) is 24.3 Å². The maximum atomic E-state index is 11.2. The van der Waals surface area contributed by atoms with Crippen LogP contribution >= 0.6 is 0 Å². The molecule has 0 fully saturated rings. The van der Waals surface area contributed by atoms with Crippen molar-refractivity contribution in [1.82, 2.24) is 4.57 Å². The predicted molar refractivity (Wildman–Crippen MR) is 82.5 cm³/mol. The molecular weight excluding hydrogens is 252 g/mol. The first kappa shape index (κ1) is 13.9. The molecule has 2 rings (SSSR count). The molecule has 4 nitrogen and oxygen atoms in total. The molecule has 0 saturated heterocycles. The lowest BCUT2D eigenvalue weighted by Gasteiger charge is -2.21. The lowest BCUT2D eigenvalue weighted by molar-refractivity contribution is 0.0687. The van der Waals surface area contributed by atoms with Crippen LogP contribution in [0, 0.1) is 0 Å². The summed E-state index contributed by atoms with van der Waals surface area (Å²) in [7, 11) is 1.76. The van der Waals surface area contributed by atoms with E-state index >= 15 is 0 Å². The highest BCUT2D eigenvalue weighted by molar-refractivity contribution is 5.95. The van der Waals surface area contributed by atoms with Crippen molar-refractivity contribution >= 4 is 22.6 Å². The number of carboxylic acids is 1. The average Bonchev–Trinajstić information content (AvgIpc) is 2.75.